The van der Waals surface area contributed by atoms with Crippen LogP contribution in [-0.2, 0) is 33.8 Å². The summed E-state index contributed by atoms with van der Waals surface area (Å²) in [4.78, 5) is 74.2. The third-order valence-electron chi connectivity index (χ3n) is 6.98. The van der Waals surface area contributed by atoms with Crippen LogP contribution in [0.25, 0.3) is 0 Å². The highest BCUT2D eigenvalue weighted by molar-refractivity contribution is 5.67. The van der Waals surface area contributed by atoms with Crippen LogP contribution in [-0.4, -0.2) is 71.4 Å². The molecule has 1 aromatic heterocycles. The van der Waals surface area contributed by atoms with E-state index < -0.39 is 35.3 Å². The largest absolute Gasteiger partial charge is 0.436 e. The standard InChI is InChI=1S/C33H48N6O9/c1-4-25-46-28(40)34-19-13-7-10-16-22-37-31(43)38(23-17-11-8-14-20-35-29(41)47-26-5-2)33(45)39(32(37)44)24-18-12-9-15-21-36-30(42)48-27-6-3/h1-3H,7-27H2,(H,34,40)(H,35,41)(H,36,42). The van der Waals surface area contributed by atoms with E-state index in [1.807, 2.05) is 0 Å². The van der Waals surface area contributed by atoms with Gasteiger partial charge in [-0.05, 0) is 38.5 Å². The Hall–Kier alpha value is -5.10. The molecule has 0 saturated carbocycles. The van der Waals surface area contributed by atoms with Gasteiger partial charge in [0.1, 0.15) is 0 Å². The number of rotatable bonds is 24. The summed E-state index contributed by atoms with van der Waals surface area (Å²) in [6.45, 7) is 1.35. The van der Waals surface area contributed by atoms with Crippen molar-refractivity contribution < 1.29 is 28.6 Å². The second-order valence-electron chi connectivity index (χ2n) is 10.7. The second-order valence-corrected chi connectivity index (χ2v) is 10.7. The first-order valence-electron chi connectivity index (χ1n) is 16.2. The highest BCUT2D eigenvalue weighted by atomic mass is 16.6. The highest BCUT2D eigenvalue weighted by Crippen LogP contribution is 2.03. The number of hydrogen-bond acceptors (Lipinski definition) is 9. The third kappa shape index (κ3) is 17.6. The number of hydrogen-bond donors (Lipinski definition) is 3. The Labute approximate surface area is 281 Å². The fourth-order valence-corrected chi connectivity index (χ4v) is 4.55. The Bertz CT molecular complexity index is 1240. The summed E-state index contributed by atoms with van der Waals surface area (Å²) in [6, 6.07) is 0. The van der Waals surface area contributed by atoms with Crippen molar-refractivity contribution in [2.75, 3.05) is 39.5 Å². The number of amides is 3. The maximum atomic E-state index is 13.3. The molecule has 0 radical (unpaired) electrons. The molecular formula is C33H48N6O9. The fourth-order valence-electron chi connectivity index (χ4n) is 4.55. The first kappa shape index (κ1) is 40.9. The maximum absolute atomic E-state index is 13.3. The molecular weight excluding hydrogens is 624 g/mol. The Morgan fingerprint density at radius 1 is 0.458 bits per heavy atom. The number of carbonyl (C=O) groups is 3. The molecule has 0 aliphatic rings. The zero-order valence-electron chi connectivity index (χ0n) is 27.6. The van der Waals surface area contributed by atoms with E-state index in [0.717, 1.165) is 33.0 Å². The number of nitrogens with zero attached hydrogens (tertiary/aromatic N) is 3. The molecule has 264 valence electrons. The third-order valence-corrected chi connectivity index (χ3v) is 6.98. The van der Waals surface area contributed by atoms with E-state index in [1.54, 1.807) is 0 Å². The van der Waals surface area contributed by atoms with Crippen LogP contribution in [0.15, 0.2) is 14.4 Å². The van der Waals surface area contributed by atoms with E-state index >= 15 is 0 Å². The summed E-state index contributed by atoms with van der Waals surface area (Å²) in [6.07, 6.45) is 21.3. The minimum Gasteiger partial charge on any atom is -0.436 e. The van der Waals surface area contributed by atoms with Crippen LogP contribution in [0.4, 0.5) is 14.4 Å². The summed E-state index contributed by atoms with van der Waals surface area (Å²) >= 11 is 0. The molecule has 0 spiro atoms. The molecule has 0 fully saturated rings. The van der Waals surface area contributed by atoms with Crippen molar-refractivity contribution in [1.29, 1.82) is 0 Å². The lowest BCUT2D eigenvalue weighted by Crippen LogP contribution is -2.54. The van der Waals surface area contributed by atoms with Crippen molar-refractivity contribution in [2.24, 2.45) is 0 Å². The van der Waals surface area contributed by atoms with Gasteiger partial charge in [-0.3, -0.25) is 0 Å². The molecule has 0 unspecified atom stereocenters. The first-order valence-corrected chi connectivity index (χ1v) is 16.2. The van der Waals surface area contributed by atoms with Gasteiger partial charge in [-0.2, -0.15) is 0 Å². The number of unbranched alkanes of at least 4 members (excludes halogenated alkanes) is 9. The summed E-state index contributed by atoms with van der Waals surface area (Å²) in [7, 11) is 0. The van der Waals surface area contributed by atoms with Gasteiger partial charge in [-0.1, -0.05) is 56.3 Å². The van der Waals surface area contributed by atoms with Gasteiger partial charge in [0, 0.05) is 39.3 Å². The lowest BCUT2D eigenvalue weighted by Gasteiger charge is -2.14. The van der Waals surface area contributed by atoms with Crippen LogP contribution in [0.3, 0.4) is 0 Å². The fraction of sp³-hybridized carbons (Fsp3) is 0.636. The zero-order valence-corrected chi connectivity index (χ0v) is 27.6. The number of aromatic nitrogens is 3. The van der Waals surface area contributed by atoms with Gasteiger partial charge in [0.15, 0.2) is 19.8 Å². The van der Waals surface area contributed by atoms with Gasteiger partial charge < -0.3 is 30.2 Å². The molecule has 0 aliphatic heterocycles. The highest BCUT2D eigenvalue weighted by Gasteiger charge is 2.15. The van der Waals surface area contributed by atoms with Crippen molar-refractivity contribution >= 4 is 18.3 Å². The number of terminal acetylenes is 3. The van der Waals surface area contributed by atoms with E-state index in [2.05, 4.69) is 33.7 Å². The van der Waals surface area contributed by atoms with E-state index in [1.165, 1.54) is 0 Å². The van der Waals surface area contributed by atoms with Crippen LogP contribution < -0.4 is 33.0 Å². The quantitative estimate of drug-likeness (QED) is 0.0840. The summed E-state index contributed by atoms with van der Waals surface area (Å²) in [5.74, 6) is 6.63. The molecule has 0 aromatic carbocycles. The van der Waals surface area contributed by atoms with E-state index in [9.17, 15) is 28.8 Å². The summed E-state index contributed by atoms with van der Waals surface area (Å²) in [5.41, 5.74) is -1.92. The minimum absolute atomic E-state index is 0.104. The van der Waals surface area contributed by atoms with E-state index in [0.29, 0.717) is 77.4 Å². The van der Waals surface area contributed by atoms with Gasteiger partial charge in [0.2, 0.25) is 0 Å². The van der Waals surface area contributed by atoms with Crippen LogP contribution in [0.5, 0.6) is 0 Å². The van der Waals surface area contributed by atoms with Gasteiger partial charge in [0.25, 0.3) is 0 Å². The molecule has 1 aromatic rings. The topological polar surface area (TPSA) is 181 Å². The van der Waals surface area contributed by atoms with Gasteiger partial charge in [-0.25, -0.2) is 42.5 Å². The number of nitrogens with one attached hydrogen (secondary N) is 3. The summed E-state index contributed by atoms with van der Waals surface area (Å²) in [5, 5.41) is 7.79. The van der Waals surface area contributed by atoms with Crippen molar-refractivity contribution in [3.63, 3.8) is 0 Å². The van der Waals surface area contributed by atoms with Crippen molar-refractivity contribution in [2.45, 2.75) is 96.7 Å². The van der Waals surface area contributed by atoms with E-state index in [-0.39, 0.29) is 39.5 Å². The Balaban J connectivity index is 2.74. The second kappa shape index (κ2) is 26.0. The Morgan fingerprint density at radius 2 is 0.708 bits per heavy atom. The monoisotopic (exact) mass is 672 g/mol. The molecule has 0 aliphatic carbocycles. The van der Waals surface area contributed by atoms with Crippen LogP contribution in [0, 0.1) is 37.0 Å². The zero-order chi connectivity index (χ0) is 35.4. The molecule has 1 rings (SSSR count). The smallest absolute Gasteiger partial charge is 0.408 e. The molecule has 0 saturated heterocycles. The predicted octanol–water partition coefficient (Wildman–Crippen LogP) is 1.93. The van der Waals surface area contributed by atoms with Crippen LogP contribution in [0.1, 0.15) is 77.0 Å². The van der Waals surface area contributed by atoms with Gasteiger partial charge in [-0.15, -0.1) is 19.3 Å². The molecule has 48 heavy (non-hydrogen) atoms. The van der Waals surface area contributed by atoms with E-state index in [4.69, 9.17) is 33.5 Å². The van der Waals surface area contributed by atoms with Crippen molar-refractivity contribution in [3.8, 4) is 37.0 Å². The van der Waals surface area contributed by atoms with Crippen LogP contribution in [0.2, 0.25) is 0 Å². The normalized spacial score (nSPS) is 10.2. The molecule has 15 heteroatoms. The molecule has 3 N–H and O–H groups in total. The van der Waals surface area contributed by atoms with Crippen molar-refractivity contribution in [3.05, 3.63) is 31.5 Å². The lowest BCUT2D eigenvalue weighted by molar-refractivity contribution is 0.159. The Kier molecular flexibility index (Phi) is 22.2. The predicted molar refractivity (Wildman–Crippen MR) is 179 cm³/mol. The maximum Gasteiger partial charge on any atom is 0.408 e. The Morgan fingerprint density at radius 3 is 0.958 bits per heavy atom. The van der Waals surface area contributed by atoms with Gasteiger partial charge >= 0.3 is 35.3 Å². The first-order chi connectivity index (χ1) is 23.3. The SMILES string of the molecule is C#CCOC(=O)NCCCCCCn1c(=O)n(CCCCCCNC(=O)OCC#C)c(=O)n(CCCCCCNC(=O)OCC#C)c1=O. The number of alkyl carbamates (subject to hydrolysis) is 3. The molecule has 15 nitrogen and oxygen atoms in total. The van der Waals surface area contributed by atoms with Crippen LogP contribution >= 0.6 is 0 Å². The number of carbonyl (C=O) groups excluding carboxylic acids is 3. The average Bonchev–Trinajstić information content (AvgIpc) is 3.07. The minimum atomic E-state index is -0.639. The average molecular weight is 673 g/mol. The van der Waals surface area contributed by atoms with Gasteiger partial charge in [0.05, 0.1) is 0 Å². The number of ether oxygens (including phenoxy) is 3. The molecule has 3 amide bonds. The molecule has 0 atom stereocenters. The van der Waals surface area contributed by atoms with Crippen molar-refractivity contribution in [1.82, 2.24) is 29.7 Å². The molecule has 0 bridgehead atoms. The summed E-state index contributed by atoms with van der Waals surface area (Å²) < 4.78 is 17.6. The lowest BCUT2D eigenvalue weighted by atomic mass is 10.2. The molecule has 1 heterocycles.